The van der Waals surface area contributed by atoms with Gasteiger partial charge in [0, 0.05) is 23.4 Å². The molecule has 0 unspecified atom stereocenters. The Bertz CT molecular complexity index is 752. The van der Waals surface area contributed by atoms with Crippen LogP contribution in [0.15, 0.2) is 36.4 Å². The topological polar surface area (TPSA) is 73.2 Å². The summed E-state index contributed by atoms with van der Waals surface area (Å²) in [5.74, 6) is 2.29. The van der Waals surface area contributed by atoms with Crippen molar-refractivity contribution in [2.24, 2.45) is 0 Å². The SMILES string of the molecule is Nc1cccc(-c2nc3cc4c(cc3[nH]2)OCCO4)c1. The zero-order valence-corrected chi connectivity index (χ0v) is 10.7. The van der Waals surface area contributed by atoms with E-state index in [1.54, 1.807) is 0 Å². The van der Waals surface area contributed by atoms with Gasteiger partial charge in [-0.25, -0.2) is 4.98 Å². The molecule has 1 aromatic heterocycles. The smallest absolute Gasteiger partial charge is 0.163 e. The number of aromatic amines is 1. The largest absolute Gasteiger partial charge is 0.486 e. The Morgan fingerprint density at radius 2 is 1.85 bits per heavy atom. The monoisotopic (exact) mass is 267 g/mol. The van der Waals surface area contributed by atoms with Gasteiger partial charge in [-0.15, -0.1) is 0 Å². The molecular weight excluding hydrogens is 254 g/mol. The highest BCUT2D eigenvalue weighted by Crippen LogP contribution is 2.34. The number of hydrogen-bond acceptors (Lipinski definition) is 4. The molecule has 3 aromatic rings. The number of rotatable bonds is 1. The Hall–Kier alpha value is -2.69. The molecule has 0 spiro atoms. The van der Waals surface area contributed by atoms with E-state index in [9.17, 15) is 0 Å². The molecule has 0 atom stereocenters. The highest BCUT2D eigenvalue weighted by molar-refractivity contribution is 5.83. The number of nitrogen functional groups attached to an aromatic ring is 1. The number of nitrogens with zero attached hydrogens (tertiary/aromatic N) is 1. The van der Waals surface area contributed by atoms with Gasteiger partial charge in [0.2, 0.25) is 0 Å². The predicted octanol–water partition coefficient (Wildman–Crippen LogP) is 2.58. The number of nitrogens with one attached hydrogen (secondary N) is 1. The number of imidazole rings is 1. The average molecular weight is 267 g/mol. The van der Waals surface area contributed by atoms with E-state index < -0.39 is 0 Å². The maximum absolute atomic E-state index is 5.81. The standard InChI is InChI=1S/C15H13N3O2/c16-10-3-1-2-9(6-10)15-17-11-7-13-14(8-12(11)18-15)20-5-4-19-13/h1-3,6-8H,4-5,16H2,(H,17,18). The van der Waals surface area contributed by atoms with Gasteiger partial charge >= 0.3 is 0 Å². The second kappa shape index (κ2) is 4.16. The molecule has 0 radical (unpaired) electrons. The minimum Gasteiger partial charge on any atom is -0.486 e. The van der Waals surface area contributed by atoms with E-state index in [-0.39, 0.29) is 0 Å². The van der Waals surface area contributed by atoms with Crippen LogP contribution < -0.4 is 15.2 Å². The van der Waals surface area contributed by atoms with E-state index in [1.165, 1.54) is 0 Å². The van der Waals surface area contributed by atoms with Gasteiger partial charge in [0.05, 0.1) is 11.0 Å². The Kier molecular flexibility index (Phi) is 2.32. The molecule has 5 nitrogen and oxygen atoms in total. The first-order valence-corrected chi connectivity index (χ1v) is 6.45. The Labute approximate surface area is 115 Å². The van der Waals surface area contributed by atoms with Crippen molar-refractivity contribution in [2.75, 3.05) is 18.9 Å². The normalized spacial score (nSPS) is 13.6. The van der Waals surface area contributed by atoms with Crippen LogP contribution in [0, 0.1) is 0 Å². The van der Waals surface area contributed by atoms with Gasteiger partial charge in [-0.1, -0.05) is 12.1 Å². The molecule has 1 aliphatic rings. The lowest BCUT2D eigenvalue weighted by Crippen LogP contribution is -2.15. The van der Waals surface area contributed by atoms with Crippen molar-refractivity contribution in [2.45, 2.75) is 0 Å². The van der Waals surface area contributed by atoms with E-state index in [0.29, 0.717) is 18.9 Å². The number of benzene rings is 2. The van der Waals surface area contributed by atoms with Crippen molar-refractivity contribution in [1.29, 1.82) is 0 Å². The van der Waals surface area contributed by atoms with E-state index in [4.69, 9.17) is 15.2 Å². The van der Waals surface area contributed by atoms with Crippen molar-refractivity contribution in [3.8, 4) is 22.9 Å². The second-order valence-electron chi connectivity index (χ2n) is 4.72. The summed E-state index contributed by atoms with van der Waals surface area (Å²) >= 11 is 0. The van der Waals surface area contributed by atoms with E-state index in [1.807, 2.05) is 36.4 Å². The van der Waals surface area contributed by atoms with Crippen molar-refractivity contribution in [3.05, 3.63) is 36.4 Å². The van der Waals surface area contributed by atoms with Gasteiger partial charge in [0.1, 0.15) is 19.0 Å². The van der Waals surface area contributed by atoms with Crippen molar-refractivity contribution < 1.29 is 9.47 Å². The maximum Gasteiger partial charge on any atom is 0.163 e. The number of nitrogens with two attached hydrogens (primary N) is 1. The summed E-state index contributed by atoms with van der Waals surface area (Å²) in [6, 6.07) is 11.5. The fraction of sp³-hybridized carbons (Fsp3) is 0.133. The second-order valence-corrected chi connectivity index (χ2v) is 4.72. The van der Waals surface area contributed by atoms with Crippen LogP contribution in [0.2, 0.25) is 0 Å². The van der Waals surface area contributed by atoms with Gasteiger partial charge in [-0.3, -0.25) is 0 Å². The van der Waals surface area contributed by atoms with Crippen LogP contribution in [0.25, 0.3) is 22.4 Å². The van der Waals surface area contributed by atoms with Crippen LogP contribution in [0.1, 0.15) is 0 Å². The molecule has 20 heavy (non-hydrogen) atoms. The zero-order valence-electron chi connectivity index (χ0n) is 10.7. The van der Waals surface area contributed by atoms with Gasteiger partial charge in [-0.2, -0.15) is 0 Å². The molecule has 2 heterocycles. The lowest BCUT2D eigenvalue weighted by Gasteiger charge is -2.17. The summed E-state index contributed by atoms with van der Waals surface area (Å²) in [5, 5.41) is 0. The lowest BCUT2D eigenvalue weighted by molar-refractivity contribution is 0.172. The van der Waals surface area contributed by atoms with Gasteiger partial charge in [-0.05, 0) is 12.1 Å². The molecule has 3 N–H and O–H groups in total. The summed E-state index contributed by atoms with van der Waals surface area (Å²) in [4.78, 5) is 7.87. The van der Waals surface area contributed by atoms with Crippen molar-refractivity contribution >= 4 is 16.7 Å². The quantitative estimate of drug-likeness (QED) is 0.665. The van der Waals surface area contributed by atoms with Crippen LogP contribution in [0.4, 0.5) is 5.69 Å². The molecule has 100 valence electrons. The average Bonchev–Trinajstić information content (AvgIpc) is 2.87. The molecule has 1 aliphatic heterocycles. The third-order valence-corrected chi connectivity index (χ3v) is 3.31. The molecule has 4 rings (SSSR count). The first kappa shape index (κ1) is 11.2. The molecule has 0 saturated carbocycles. The number of anilines is 1. The fourth-order valence-electron chi connectivity index (χ4n) is 2.37. The molecule has 5 heteroatoms. The van der Waals surface area contributed by atoms with Crippen molar-refractivity contribution in [3.63, 3.8) is 0 Å². The summed E-state index contributed by atoms with van der Waals surface area (Å²) in [6.07, 6.45) is 0. The molecule has 0 amide bonds. The third-order valence-electron chi connectivity index (χ3n) is 3.31. The van der Waals surface area contributed by atoms with Crippen molar-refractivity contribution in [1.82, 2.24) is 9.97 Å². The fourth-order valence-corrected chi connectivity index (χ4v) is 2.37. The van der Waals surface area contributed by atoms with Crippen LogP contribution >= 0.6 is 0 Å². The molecule has 0 saturated heterocycles. The number of hydrogen-bond donors (Lipinski definition) is 2. The number of fused-ring (bicyclic) bond motifs is 2. The van der Waals surface area contributed by atoms with Gasteiger partial charge in [0.25, 0.3) is 0 Å². The number of aromatic nitrogens is 2. The number of H-pyrrole nitrogens is 1. The van der Waals surface area contributed by atoms with Crippen LogP contribution in [0.3, 0.4) is 0 Å². The van der Waals surface area contributed by atoms with Crippen LogP contribution in [-0.2, 0) is 0 Å². The van der Waals surface area contributed by atoms with Crippen LogP contribution in [0.5, 0.6) is 11.5 Å². The third kappa shape index (κ3) is 1.75. The summed E-state index contributed by atoms with van der Waals surface area (Å²) in [6.45, 7) is 1.15. The first-order chi connectivity index (χ1) is 9.79. The summed E-state index contributed by atoms with van der Waals surface area (Å²) in [7, 11) is 0. The van der Waals surface area contributed by atoms with E-state index in [2.05, 4.69) is 9.97 Å². The minimum atomic E-state index is 0.574. The molecule has 0 bridgehead atoms. The number of ether oxygens (including phenoxy) is 2. The van der Waals surface area contributed by atoms with Gasteiger partial charge in [0.15, 0.2) is 11.5 Å². The van der Waals surface area contributed by atoms with E-state index >= 15 is 0 Å². The Balaban J connectivity index is 1.86. The highest BCUT2D eigenvalue weighted by atomic mass is 16.6. The molecule has 0 aliphatic carbocycles. The minimum absolute atomic E-state index is 0.574. The highest BCUT2D eigenvalue weighted by Gasteiger charge is 2.15. The Morgan fingerprint density at radius 3 is 2.65 bits per heavy atom. The molecule has 0 fully saturated rings. The summed E-state index contributed by atoms with van der Waals surface area (Å²) < 4.78 is 11.1. The summed E-state index contributed by atoms with van der Waals surface area (Å²) in [5.41, 5.74) is 9.26. The maximum atomic E-state index is 5.81. The lowest BCUT2D eigenvalue weighted by atomic mass is 10.2. The zero-order chi connectivity index (χ0) is 13.5. The van der Waals surface area contributed by atoms with E-state index in [0.717, 1.165) is 33.9 Å². The first-order valence-electron chi connectivity index (χ1n) is 6.45. The van der Waals surface area contributed by atoms with Crippen LogP contribution in [-0.4, -0.2) is 23.2 Å². The predicted molar refractivity (Wildman–Crippen MR) is 76.9 cm³/mol. The van der Waals surface area contributed by atoms with Gasteiger partial charge < -0.3 is 20.2 Å². The molecule has 2 aromatic carbocycles. The Morgan fingerprint density at radius 1 is 1.05 bits per heavy atom. The molecular formula is C15H13N3O2.